The number of rotatable bonds is 5. The summed E-state index contributed by atoms with van der Waals surface area (Å²) in [4.78, 5) is 7.84. The zero-order chi connectivity index (χ0) is 19.3. The van der Waals surface area contributed by atoms with E-state index < -0.39 is 11.6 Å². The molecule has 1 aromatic heterocycles. The quantitative estimate of drug-likeness (QED) is 0.510. The van der Waals surface area contributed by atoms with Gasteiger partial charge in [-0.25, -0.2) is 13.8 Å². The Bertz CT molecular complexity index is 972. The number of anilines is 2. The van der Waals surface area contributed by atoms with Gasteiger partial charge in [0.05, 0.1) is 35.7 Å². The highest BCUT2D eigenvalue weighted by molar-refractivity contribution is 7.17. The van der Waals surface area contributed by atoms with Gasteiger partial charge in [-0.15, -0.1) is 0 Å². The Hall–Kier alpha value is -2.84. The van der Waals surface area contributed by atoms with Crippen molar-refractivity contribution in [2.75, 3.05) is 36.6 Å². The fourth-order valence-electron chi connectivity index (χ4n) is 2.84. The van der Waals surface area contributed by atoms with E-state index >= 15 is 0 Å². The molecule has 0 radical (unpaired) electrons. The lowest BCUT2D eigenvalue weighted by molar-refractivity contribution is 0.122. The number of hydrazone groups is 1. The molecule has 5 nitrogen and oxygen atoms in total. The van der Waals surface area contributed by atoms with Crippen molar-refractivity contribution >= 4 is 28.4 Å². The van der Waals surface area contributed by atoms with Gasteiger partial charge in [-0.2, -0.15) is 5.10 Å². The molecule has 0 atom stereocenters. The predicted octanol–water partition coefficient (Wildman–Crippen LogP) is 4.37. The van der Waals surface area contributed by atoms with E-state index in [0.717, 1.165) is 40.4 Å². The number of morpholine rings is 1. The molecule has 2 aromatic carbocycles. The van der Waals surface area contributed by atoms with Crippen LogP contribution in [0, 0.1) is 11.6 Å². The maximum absolute atomic E-state index is 13.8. The Morgan fingerprint density at radius 2 is 1.89 bits per heavy atom. The first kappa shape index (κ1) is 18.5. The summed E-state index contributed by atoms with van der Waals surface area (Å²) in [5.74, 6) is -1.32. The molecular weight excluding hydrogens is 382 g/mol. The average molecular weight is 400 g/mol. The summed E-state index contributed by atoms with van der Waals surface area (Å²) in [6.45, 7) is 2.93. The van der Waals surface area contributed by atoms with Crippen molar-refractivity contribution in [2.24, 2.45) is 5.10 Å². The normalized spacial score (nSPS) is 14.6. The van der Waals surface area contributed by atoms with Gasteiger partial charge >= 0.3 is 0 Å². The van der Waals surface area contributed by atoms with Crippen LogP contribution in [0.5, 0.6) is 0 Å². The number of nitrogens with one attached hydrogen (secondary N) is 1. The number of thiazole rings is 1. The Morgan fingerprint density at radius 3 is 2.64 bits per heavy atom. The lowest BCUT2D eigenvalue weighted by atomic mass is 10.1. The molecule has 0 bridgehead atoms. The van der Waals surface area contributed by atoms with Crippen LogP contribution >= 0.6 is 11.3 Å². The highest BCUT2D eigenvalue weighted by atomic mass is 32.1. The fraction of sp³-hybridized carbons (Fsp3) is 0.200. The van der Waals surface area contributed by atoms with Crippen LogP contribution in [0.25, 0.3) is 11.3 Å². The summed E-state index contributed by atoms with van der Waals surface area (Å²) in [5, 5.41) is 5.04. The first-order chi connectivity index (χ1) is 13.7. The number of hydrogen-bond donors (Lipinski definition) is 1. The van der Waals surface area contributed by atoms with Crippen molar-refractivity contribution in [2.45, 2.75) is 0 Å². The molecule has 4 rings (SSSR count). The second-order valence-corrected chi connectivity index (χ2v) is 7.18. The lowest BCUT2D eigenvalue weighted by Gasteiger charge is -2.26. The Labute approximate surface area is 165 Å². The second kappa shape index (κ2) is 8.45. The minimum Gasteiger partial charge on any atom is -0.378 e. The predicted molar refractivity (Wildman–Crippen MR) is 108 cm³/mol. The van der Waals surface area contributed by atoms with Crippen LogP contribution in [-0.2, 0) is 4.74 Å². The topological polar surface area (TPSA) is 49.8 Å². The molecule has 8 heteroatoms. The van der Waals surface area contributed by atoms with Gasteiger partial charge in [-0.05, 0) is 12.1 Å². The summed E-state index contributed by atoms with van der Waals surface area (Å²) in [5.41, 5.74) is 4.53. The first-order valence-corrected chi connectivity index (χ1v) is 9.65. The van der Waals surface area contributed by atoms with E-state index in [-0.39, 0.29) is 5.69 Å². The SMILES string of the molecule is Fc1ccc(N/N=C/c2sc(N3CCOCC3)nc2-c2ccccc2)c(F)c1. The standard InChI is InChI=1S/C20H18F2N4OS/c21-15-6-7-17(16(22)12-15)25-23-13-18-19(14-4-2-1-3-5-14)24-20(28-18)26-8-10-27-11-9-26/h1-7,12-13,25H,8-11H2/b23-13+. The Morgan fingerprint density at radius 1 is 1.11 bits per heavy atom. The number of hydrogen-bond acceptors (Lipinski definition) is 6. The molecule has 0 spiro atoms. The van der Waals surface area contributed by atoms with Gasteiger partial charge in [0.25, 0.3) is 0 Å². The highest BCUT2D eigenvalue weighted by Gasteiger charge is 2.18. The summed E-state index contributed by atoms with van der Waals surface area (Å²) < 4.78 is 32.2. The van der Waals surface area contributed by atoms with E-state index in [1.165, 1.54) is 23.5 Å². The molecule has 1 aliphatic heterocycles. The molecule has 3 aromatic rings. The minimum absolute atomic E-state index is 0.108. The van der Waals surface area contributed by atoms with Crippen molar-refractivity contribution < 1.29 is 13.5 Å². The smallest absolute Gasteiger partial charge is 0.186 e. The Balaban J connectivity index is 1.61. The molecule has 2 heterocycles. The zero-order valence-electron chi connectivity index (χ0n) is 14.9. The van der Waals surface area contributed by atoms with Crippen LogP contribution in [0.4, 0.5) is 19.6 Å². The monoisotopic (exact) mass is 400 g/mol. The lowest BCUT2D eigenvalue weighted by Crippen LogP contribution is -2.36. The molecule has 1 aliphatic rings. The van der Waals surface area contributed by atoms with Gasteiger partial charge in [0.15, 0.2) is 10.9 Å². The van der Waals surface area contributed by atoms with Gasteiger partial charge in [0.2, 0.25) is 0 Å². The fourth-order valence-corrected chi connectivity index (χ4v) is 3.85. The maximum Gasteiger partial charge on any atom is 0.186 e. The molecule has 0 aliphatic carbocycles. The van der Waals surface area contributed by atoms with E-state index in [0.29, 0.717) is 13.2 Å². The third-order valence-electron chi connectivity index (χ3n) is 4.27. The van der Waals surface area contributed by atoms with Crippen LogP contribution in [-0.4, -0.2) is 37.5 Å². The van der Waals surface area contributed by atoms with Gasteiger partial charge in [0.1, 0.15) is 5.82 Å². The van der Waals surface area contributed by atoms with Gasteiger partial charge in [-0.3, -0.25) is 5.43 Å². The van der Waals surface area contributed by atoms with Crippen molar-refractivity contribution in [1.82, 2.24) is 4.98 Å². The number of benzene rings is 2. The van der Waals surface area contributed by atoms with Crippen molar-refractivity contribution in [1.29, 1.82) is 0 Å². The molecule has 1 saturated heterocycles. The van der Waals surface area contributed by atoms with E-state index in [2.05, 4.69) is 15.4 Å². The molecule has 0 unspecified atom stereocenters. The van der Waals surface area contributed by atoms with Gasteiger partial charge in [0, 0.05) is 24.7 Å². The second-order valence-electron chi connectivity index (χ2n) is 6.17. The third kappa shape index (κ3) is 4.18. The molecular formula is C20H18F2N4OS. The number of halogens is 2. The largest absolute Gasteiger partial charge is 0.378 e. The maximum atomic E-state index is 13.8. The molecule has 1 N–H and O–H groups in total. The van der Waals surface area contributed by atoms with Gasteiger partial charge < -0.3 is 9.64 Å². The zero-order valence-corrected chi connectivity index (χ0v) is 15.8. The molecule has 144 valence electrons. The van der Waals surface area contributed by atoms with Crippen LogP contribution in [0.1, 0.15) is 4.88 Å². The highest BCUT2D eigenvalue weighted by Crippen LogP contribution is 2.32. The third-order valence-corrected chi connectivity index (χ3v) is 5.32. The van der Waals surface area contributed by atoms with Crippen molar-refractivity contribution in [3.05, 3.63) is 65.0 Å². The number of aromatic nitrogens is 1. The van der Waals surface area contributed by atoms with Gasteiger partial charge in [-0.1, -0.05) is 41.7 Å². The molecule has 0 saturated carbocycles. The summed E-state index contributed by atoms with van der Waals surface area (Å²) >= 11 is 1.52. The van der Waals surface area contributed by atoms with E-state index in [9.17, 15) is 8.78 Å². The summed E-state index contributed by atoms with van der Waals surface area (Å²) in [6, 6.07) is 13.1. The minimum atomic E-state index is -0.696. The van der Waals surface area contributed by atoms with Crippen LogP contribution in [0.2, 0.25) is 0 Å². The molecule has 28 heavy (non-hydrogen) atoms. The molecule has 1 fully saturated rings. The average Bonchev–Trinajstić information content (AvgIpc) is 3.15. The van der Waals surface area contributed by atoms with E-state index in [1.807, 2.05) is 30.3 Å². The van der Waals surface area contributed by atoms with Crippen LogP contribution in [0.15, 0.2) is 53.6 Å². The van der Waals surface area contributed by atoms with Crippen molar-refractivity contribution in [3.8, 4) is 11.3 Å². The first-order valence-electron chi connectivity index (χ1n) is 8.84. The number of nitrogens with zero attached hydrogens (tertiary/aromatic N) is 3. The van der Waals surface area contributed by atoms with E-state index in [4.69, 9.17) is 9.72 Å². The van der Waals surface area contributed by atoms with Crippen molar-refractivity contribution in [3.63, 3.8) is 0 Å². The van der Waals surface area contributed by atoms with Crippen LogP contribution in [0.3, 0.4) is 0 Å². The van der Waals surface area contributed by atoms with E-state index in [1.54, 1.807) is 6.21 Å². The Kier molecular flexibility index (Phi) is 5.59. The summed E-state index contributed by atoms with van der Waals surface area (Å²) in [6.07, 6.45) is 1.62. The summed E-state index contributed by atoms with van der Waals surface area (Å²) in [7, 11) is 0. The number of ether oxygens (including phenoxy) is 1. The molecule has 0 amide bonds. The van der Waals surface area contributed by atoms with Crippen LogP contribution < -0.4 is 10.3 Å².